The van der Waals surface area contributed by atoms with E-state index in [-0.39, 0.29) is 5.91 Å². The minimum Gasteiger partial charge on any atom is -0.467 e. The van der Waals surface area contributed by atoms with E-state index in [9.17, 15) is 4.79 Å². The van der Waals surface area contributed by atoms with Gasteiger partial charge in [0.1, 0.15) is 12.3 Å². The predicted octanol–water partition coefficient (Wildman–Crippen LogP) is 1.42. The number of carbonyl (C=O) groups is 1. The average Bonchev–Trinajstić information content (AvgIpc) is 3.18. The van der Waals surface area contributed by atoms with Gasteiger partial charge in [0.05, 0.1) is 12.0 Å². The number of rotatable bonds is 5. The Hall–Kier alpha value is -1.83. The van der Waals surface area contributed by atoms with Crippen LogP contribution in [0.4, 0.5) is 0 Å². The quantitative estimate of drug-likeness (QED) is 0.778. The lowest BCUT2D eigenvalue weighted by Crippen LogP contribution is -2.36. The van der Waals surface area contributed by atoms with E-state index in [4.69, 9.17) is 4.42 Å². The smallest absolute Gasteiger partial charge is 0.233 e. The number of aromatic nitrogens is 4. The van der Waals surface area contributed by atoms with Crippen molar-refractivity contribution in [1.29, 1.82) is 0 Å². The van der Waals surface area contributed by atoms with Gasteiger partial charge in [0.25, 0.3) is 0 Å². The topological polar surface area (TPSA) is 77.0 Å². The van der Waals surface area contributed by atoms with Gasteiger partial charge in [-0.25, -0.2) is 4.68 Å². The maximum absolute atomic E-state index is 12.1. The van der Waals surface area contributed by atoms with E-state index in [2.05, 4.69) is 15.5 Å². The van der Waals surface area contributed by atoms with Crippen LogP contribution in [0.2, 0.25) is 0 Å². The molecule has 3 rings (SSSR count). The lowest BCUT2D eigenvalue weighted by Gasteiger charge is -2.26. The van der Waals surface area contributed by atoms with E-state index >= 15 is 0 Å². The maximum Gasteiger partial charge on any atom is 0.233 e. The van der Waals surface area contributed by atoms with E-state index in [0.717, 1.165) is 31.7 Å². The molecule has 0 aliphatic carbocycles. The summed E-state index contributed by atoms with van der Waals surface area (Å²) in [4.78, 5) is 14.1. The number of thioether (sulfide) groups is 1. The highest BCUT2D eigenvalue weighted by Crippen LogP contribution is 2.17. The molecule has 0 saturated carbocycles. The summed E-state index contributed by atoms with van der Waals surface area (Å²) in [6, 6.07) is 3.70. The molecular formula is C13H17N5O2S. The molecule has 3 heterocycles. The van der Waals surface area contributed by atoms with Gasteiger partial charge >= 0.3 is 0 Å². The predicted molar refractivity (Wildman–Crippen MR) is 76.8 cm³/mol. The van der Waals surface area contributed by atoms with Gasteiger partial charge in [-0.15, -0.1) is 5.10 Å². The molecular weight excluding hydrogens is 290 g/mol. The third kappa shape index (κ3) is 3.63. The van der Waals surface area contributed by atoms with Crippen LogP contribution in [-0.4, -0.2) is 49.9 Å². The second kappa shape index (κ2) is 6.75. The summed E-state index contributed by atoms with van der Waals surface area (Å²) in [5, 5.41) is 12.2. The van der Waals surface area contributed by atoms with Crippen molar-refractivity contribution in [2.75, 3.05) is 18.8 Å². The number of likely N-dealkylation sites (tertiary alicyclic amines) is 1. The van der Waals surface area contributed by atoms with Crippen LogP contribution < -0.4 is 0 Å². The molecule has 1 aliphatic rings. The normalized spacial score (nSPS) is 15.3. The number of furan rings is 1. The SMILES string of the molecule is O=C(CSc1nnnn1Cc1ccco1)N1CCCCC1. The minimum absolute atomic E-state index is 0.159. The van der Waals surface area contributed by atoms with Gasteiger partial charge in [-0.3, -0.25) is 4.79 Å². The van der Waals surface area contributed by atoms with Gasteiger partial charge in [-0.05, 0) is 41.8 Å². The molecule has 7 nitrogen and oxygen atoms in total. The van der Waals surface area contributed by atoms with Crippen LogP contribution in [0.5, 0.6) is 0 Å². The average molecular weight is 307 g/mol. The molecule has 0 aromatic carbocycles. The number of hydrogen-bond acceptors (Lipinski definition) is 6. The molecule has 0 bridgehead atoms. The zero-order valence-corrected chi connectivity index (χ0v) is 12.5. The van der Waals surface area contributed by atoms with Crippen LogP contribution in [0.1, 0.15) is 25.0 Å². The molecule has 1 amide bonds. The summed E-state index contributed by atoms with van der Waals surface area (Å²) < 4.78 is 6.93. The van der Waals surface area contributed by atoms with Crippen LogP contribution in [0, 0.1) is 0 Å². The van der Waals surface area contributed by atoms with Gasteiger partial charge in [-0.2, -0.15) is 0 Å². The fraction of sp³-hybridized carbons (Fsp3) is 0.538. The Bertz CT molecular complexity index is 577. The van der Waals surface area contributed by atoms with E-state index in [1.54, 1.807) is 10.9 Å². The molecule has 0 unspecified atom stereocenters. The zero-order valence-electron chi connectivity index (χ0n) is 11.6. The molecule has 0 atom stereocenters. The Kier molecular flexibility index (Phi) is 4.54. The number of carbonyl (C=O) groups excluding carboxylic acids is 1. The van der Waals surface area contributed by atoms with Crippen molar-refractivity contribution < 1.29 is 9.21 Å². The van der Waals surface area contributed by atoms with Crippen molar-refractivity contribution in [2.45, 2.75) is 31.0 Å². The fourth-order valence-corrected chi connectivity index (χ4v) is 3.09. The summed E-state index contributed by atoms with van der Waals surface area (Å²) in [5.74, 6) is 1.32. The summed E-state index contributed by atoms with van der Waals surface area (Å²) >= 11 is 1.37. The lowest BCUT2D eigenvalue weighted by atomic mass is 10.1. The summed E-state index contributed by atoms with van der Waals surface area (Å²) in [7, 11) is 0. The lowest BCUT2D eigenvalue weighted by molar-refractivity contribution is -0.129. The van der Waals surface area contributed by atoms with Gasteiger partial charge < -0.3 is 9.32 Å². The van der Waals surface area contributed by atoms with Gasteiger partial charge in [-0.1, -0.05) is 11.8 Å². The Morgan fingerprint density at radius 2 is 2.19 bits per heavy atom. The van der Waals surface area contributed by atoms with E-state index < -0.39 is 0 Å². The van der Waals surface area contributed by atoms with Gasteiger partial charge in [0, 0.05) is 13.1 Å². The van der Waals surface area contributed by atoms with E-state index in [1.165, 1.54) is 18.2 Å². The largest absolute Gasteiger partial charge is 0.467 e. The van der Waals surface area contributed by atoms with E-state index in [1.807, 2.05) is 17.0 Å². The first-order chi connectivity index (χ1) is 10.3. The van der Waals surface area contributed by atoms with Crippen molar-refractivity contribution in [3.05, 3.63) is 24.2 Å². The third-order valence-electron chi connectivity index (χ3n) is 3.42. The van der Waals surface area contributed by atoms with Gasteiger partial charge in [0.15, 0.2) is 0 Å². The second-order valence-electron chi connectivity index (χ2n) is 4.93. The van der Waals surface area contributed by atoms with Crippen molar-refractivity contribution in [2.24, 2.45) is 0 Å². The molecule has 112 valence electrons. The Morgan fingerprint density at radius 3 is 2.95 bits per heavy atom. The first kappa shape index (κ1) is 14.1. The monoisotopic (exact) mass is 307 g/mol. The Labute approximate surface area is 126 Å². The fourth-order valence-electron chi connectivity index (χ4n) is 2.31. The molecule has 1 aliphatic heterocycles. The van der Waals surface area contributed by atoms with Crippen LogP contribution in [0.25, 0.3) is 0 Å². The number of piperidine rings is 1. The van der Waals surface area contributed by atoms with Crippen molar-refractivity contribution in [3.8, 4) is 0 Å². The molecule has 0 spiro atoms. The highest BCUT2D eigenvalue weighted by Gasteiger charge is 2.18. The molecule has 0 N–H and O–H groups in total. The number of hydrogen-bond donors (Lipinski definition) is 0. The standard InChI is InChI=1S/C13H17N5O2S/c19-12(17-6-2-1-3-7-17)10-21-13-14-15-16-18(13)9-11-5-4-8-20-11/h4-5,8H,1-3,6-7,9-10H2. The highest BCUT2D eigenvalue weighted by atomic mass is 32.2. The number of tetrazole rings is 1. The highest BCUT2D eigenvalue weighted by molar-refractivity contribution is 7.99. The zero-order chi connectivity index (χ0) is 14.5. The summed E-state index contributed by atoms with van der Waals surface area (Å²) in [6.07, 6.45) is 5.05. The van der Waals surface area contributed by atoms with Crippen molar-refractivity contribution >= 4 is 17.7 Å². The molecule has 1 fully saturated rings. The van der Waals surface area contributed by atoms with Crippen LogP contribution >= 0.6 is 11.8 Å². The minimum atomic E-state index is 0.159. The van der Waals surface area contributed by atoms with E-state index in [0.29, 0.717) is 17.5 Å². The molecule has 0 radical (unpaired) electrons. The number of nitrogens with zero attached hydrogens (tertiary/aromatic N) is 5. The molecule has 8 heteroatoms. The first-order valence-electron chi connectivity index (χ1n) is 7.02. The maximum atomic E-state index is 12.1. The van der Waals surface area contributed by atoms with Crippen LogP contribution in [-0.2, 0) is 11.3 Å². The molecule has 1 saturated heterocycles. The van der Waals surface area contributed by atoms with Crippen molar-refractivity contribution in [3.63, 3.8) is 0 Å². The number of amides is 1. The van der Waals surface area contributed by atoms with Crippen LogP contribution in [0.15, 0.2) is 28.0 Å². The first-order valence-corrected chi connectivity index (χ1v) is 8.00. The third-order valence-corrected chi connectivity index (χ3v) is 4.36. The van der Waals surface area contributed by atoms with Crippen LogP contribution in [0.3, 0.4) is 0 Å². The van der Waals surface area contributed by atoms with Gasteiger partial charge in [0.2, 0.25) is 11.1 Å². The molecule has 2 aromatic rings. The summed E-state index contributed by atoms with van der Waals surface area (Å²) in [5.41, 5.74) is 0. The Morgan fingerprint density at radius 1 is 1.33 bits per heavy atom. The second-order valence-corrected chi connectivity index (χ2v) is 5.87. The molecule has 2 aromatic heterocycles. The molecule has 21 heavy (non-hydrogen) atoms. The summed E-state index contributed by atoms with van der Waals surface area (Å²) in [6.45, 7) is 2.22. The Balaban J connectivity index is 1.55. The van der Waals surface area contributed by atoms with Crippen molar-refractivity contribution in [1.82, 2.24) is 25.1 Å².